The molecule has 2 rings (SSSR count). The van der Waals surface area contributed by atoms with Crippen LogP contribution in [-0.4, -0.2) is 42.6 Å². The molecule has 1 aliphatic heterocycles. The predicted molar refractivity (Wildman–Crippen MR) is 72.1 cm³/mol. The van der Waals surface area contributed by atoms with Crippen molar-refractivity contribution in [2.45, 2.75) is 13.8 Å². The summed E-state index contributed by atoms with van der Waals surface area (Å²) < 4.78 is 0. The average molecular weight is 234 g/mol. The smallest absolute Gasteiger partial charge is 0.146 e. The summed E-state index contributed by atoms with van der Waals surface area (Å²) in [6.45, 7) is 10.1. The number of nitrogens with two attached hydrogens (primary N) is 1. The van der Waals surface area contributed by atoms with Crippen LogP contribution in [0.1, 0.15) is 13.8 Å². The maximum absolute atomic E-state index is 5.90. The molecule has 1 aromatic rings. The van der Waals surface area contributed by atoms with Gasteiger partial charge in [-0.25, -0.2) is 4.98 Å². The van der Waals surface area contributed by atoms with Gasteiger partial charge in [0, 0.05) is 38.9 Å². The van der Waals surface area contributed by atoms with E-state index >= 15 is 0 Å². The molecule has 4 heteroatoms. The Morgan fingerprint density at radius 2 is 2.00 bits per heavy atom. The van der Waals surface area contributed by atoms with Crippen LogP contribution in [0.5, 0.6) is 0 Å². The van der Waals surface area contributed by atoms with Gasteiger partial charge in [0.1, 0.15) is 5.82 Å². The molecule has 1 aliphatic rings. The van der Waals surface area contributed by atoms with Crippen molar-refractivity contribution in [2.24, 2.45) is 5.92 Å². The third-order valence-electron chi connectivity index (χ3n) is 3.15. The van der Waals surface area contributed by atoms with Gasteiger partial charge in [-0.2, -0.15) is 0 Å². The standard InChI is InChI=1S/C13H22N4/c1-11(2)10-16-6-8-17(9-7-16)12-4-3-5-15-13(12)14/h3-5,11H,6-10H2,1-2H3,(H2,14,15). The highest BCUT2D eigenvalue weighted by Crippen LogP contribution is 2.21. The minimum Gasteiger partial charge on any atom is -0.382 e. The van der Waals surface area contributed by atoms with Gasteiger partial charge in [-0.1, -0.05) is 13.8 Å². The Labute approximate surface area is 103 Å². The molecule has 0 atom stereocenters. The lowest BCUT2D eigenvalue weighted by molar-refractivity contribution is 0.231. The molecule has 1 aromatic heterocycles. The minimum absolute atomic E-state index is 0.643. The molecule has 0 unspecified atom stereocenters. The second-order valence-corrected chi connectivity index (χ2v) is 5.09. The van der Waals surface area contributed by atoms with E-state index in [0.29, 0.717) is 5.82 Å². The fourth-order valence-electron chi connectivity index (χ4n) is 2.36. The maximum Gasteiger partial charge on any atom is 0.146 e. The molecule has 0 aliphatic carbocycles. The zero-order valence-corrected chi connectivity index (χ0v) is 10.8. The Kier molecular flexibility index (Phi) is 3.84. The number of anilines is 2. The predicted octanol–water partition coefficient (Wildman–Crippen LogP) is 1.44. The van der Waals surface area contributed by atoms with Crippen LogP contribution in [0.15, 0.2) is 18.3 Å². The monoisotopic (exact) mass is 234 g/mol. The van der Waals surface area contributed by atoms with E-state index in [9.17, 15) is 0 Å². The van der Waals surface area contributed by atoms with Crippen LogP contribution in [0.2, 0.25) is 0 Å². The molecule has 94 valence electrons. The Morgan fingerprint density at radius 3 is 2.59 bits per heavy atom. The van der Waals surface area contributed by atoms with E-state index in [1.807, 2.05) is 6.07 Å². The largest absolute Gasteiger partial charge is 0.382 e. The van der Waals surface area contributed by atoms with Gasteiger partial charge in [0.2, 0.25) is 0 Å². The molecule has 0 spiro atoms. The molecule has 0 bridgehead atoms. The molecule has 0 amide bonds. The summed E-state index contributed by atoms with van der Waals surface area (Å²) in [7, 11) is 0. The summed E-state index contributed by atoms with van der Waals surface area (Å²) in [5.74, 6) is 1.38. The Morgan fingerprint density at radius 1 is 1.29 bits per heavy atom. The lowest BCUT2D eigenvalue weighted by atomic mass is 10.2. The Bertz CT molecular complexity index is 356. The van der Waals surface area contributed by atoms with Gasteiger partial charge >= 0.3 is 0 Å². The number of hydrogen-bond acceptors (Lipinski definition) is 4. The number of piperazine rings is 1. The maximum atomic E-state index is 5.90. The molecular formula is C13H22N4. The number of nitrogens with zero attached hydrogens (tertiary/aromatic N) is 3. The fourth-order valence-corrected chi connectivity index (χ4v) is 2.36. The van der Waals surface area contributed by atoms with Crippen molar-refractivity contribution in [3.8, 4) is 0 Å². The molecular weight excluding hydrogens is 212 g/mol. The zero-order chi connectivity index (χ0) is 12.3. The lowest BCUT2D eigenvalue weighted by Crippen LogP contribution is -2.47. The molecule has 0 saturated carbocycles. The highest BCUT2D eigenvalue weighted by Gasteiger charge is 2.19. The minimum atomic E-state index is 0.643. The first-order valence-electron chi connectivity index (χ1n) is 6.34. The first kappa shape index (κ1) is 12.2. The summed E-state index contributed by atoms with van der Waals surface area (Å²) in [4.78, 5) is 9.00. The van der Waals surface area contributed by atoms with Crippen LogP contribution in [0.3, 0.4) is 0 Å². The Hall–Kier alpha value is -1.29. The van der Waals surface area contributed by atoms with Gasteiger partial charge in [0.25, 0.3) is 0 Å². The number of nitrogen functional groups attached to an aromatic ring is 1. The second kappa shape index (κ2) is 5.36. The molecule has 17 heavy (non-hydrogen) atoms. The highest BCUT2D eigenvalue weighted by atomic mass is 15.3. The first-order chi connectivity index (χ1) is 8.16. The molecule has 1 saturated heterocycles. The lowest BCUT2D eigenvalue weighted by Gasteiger charge is -2.37. The Balaban J connectivity index is 1.93. The van der Waals surface area contributed by atoms with Gasteiger partial charge < -0.3 is 10.6 Å². The van der Waals surface area contributed by atoms with Crippen LogP contribution in [-0.2, 0) is 0 Å². The molecule has 2 N–H and O–H groups in total. The van der Waals surface area contributed by atoms with E-state index in [1.54, 1.807) is 6.20 Å². The van der Waals surface area contributed by atoms with Crippen LogP contribution in [0.4, 0.5) is 11.5 Å². The topological polar surface area (TPSA) is 45.4 Å². The van der Waals surface area contributed by atoms with E-state index in [2.05, 4.69) is 34.7 Å². The van der Waals surface area contributed by atoms with Crippen molar-refractivity contribution in [3.05, 3.63) is 18.3 Å². The number of rotatable bonds is 3. The van der Waals surface area contributed by atoms with Gasteiger partial charge in [-0.05, 0) is 18.1 Å². The summed E-state index contributed by atoms with van der Waals surface area (Å²) in [6, 6.07) is 4.01. The molecule has 4 nitrogen and oxygen atoms in total. The van der Waals surface area contributed by atoms with Crippen LogP contribution < -0.4 is 10.6 Å². The van der Waals surface area contributed by atoms with Crippen LogP contribution in [0.25, 0.3) is 0 Å². The van der Waals surface area contributed by atoms with Crippen molar-refractivity contribution < 1.29 is 0 Å². The fraction of sp³-hybridized carbons (Fsp3) is 0.615. The van der Waals surface area contributed by atoms with E-state index < -0.39 is 0 Å². The SMILES string of the molecule is CC(C)CN1CCN(c2cccnc2N)CC1. The van der Waals surface area contributed by atoms with Gasteiger partial charge in [-0.3, -0.25) is 4.90 Å². The quantitative estimate of drug-likeness (QED) is 0.859. The molecule has 1 fully saturated rings. The summed E-state index contributed by atoms with van der Waals surface area (Å²) in [5.41, 5.74) is 6.98. The molecule has 0 radical (unpaired) electrons. The van der Waals surface area contributed by atoms with Gasteiger partial charge in [0.15, 0.2) is 0 Å². The third kappa shape index (κ3) is 3.09. The molecule has 0 aromatic carbocycles. The summed E-state index contributed by atoms with van der Waals surface area (Å²) in [6.07, 6.45) is 1.74. The summed E-state index contributed by atoms with van der Waals surface area (Å²) >= 11 is 0. The van der Waals surface area contributed by atoms with Crippen molar-refractivity contribution in [1.82, 2.24) is 9.88 Å². The number of aromatic nitrogens is 1. The van der Waals surface area contributed by atoms with E-state index in [-0.39, 0.29) is 0 Å². The van der Waals surface area contributed by atoms with E-state index in [1.165, 1.54) is 6.54 Å². The highest BCUT2D eigenvalue weighted by molar-refractivity contribution is 5.63. The zero-order valence-electron chi connectivity index (χ0n) is 10.8. The van der Waals surface area contributed by atoms with E-state index in [0.717, 1.165) is 37.8 Å². The molecule has 2 heterocycles. The van der Waals surface area contributed by atoms with Gasteiger partial charge in [-0.15, -0.1) is 0 Å². The van der Waals surface area contributed by atoms with Crippen LogP contribution >= 0.6 is 0 Å². The average Bonchev–Trinajstić information content (AvgIpc) is 2.30. The van der Waals surface area contributed by atoms with Crippen LogP contribution in [0, 0.1) is 5.92 Å². The number of hydrogen-bond donors (Lipinski definition) is 1. The van der Waals surface area contributed by atoms with Crippen molar-refractivity contribution in [1.29, 1.82) is 0 Å². The second-order valence-electron chi connectivity index (χ2n) is 5.09. The van der Waals surface area contributed by atoms with Crippen molar-refractivity contribution in [3.63, 3.8) is 0 Å². The summed E-state index contributed by atoms with van der Waals surface area (Å²) in [5, 5.41) is 0. The first-order valence-corrected chi connectivity index (χ1v) is 6.34. The third-order valence-corrected chi connectivity index (χ3v) is 3.15. The number of pyridine rings is 1. The van der Waals surface area contributed by atoms with Crippen molar-refractivity contribution >= 4 is 11.5 Å². The van der Waals surface area contributed by atoms with Gasteiger partial charge in [0.05, 0.1) is 5.69 Å². The normalized spacial score (nSPS) is 17.7. The van der Waals surface area contributed by atoms with E-state index in [4.69, 9.17) is 5.73 Å². The van der Waals surface area contributed by atoms with Crippen molar-refractivity contribution in [2.75, 3.05) is 43.4 Å².